The van der Waals surface area contributed by atoms with E-state index in [2.05, 4.69) is 57.4 Å². The first kappa shape index (κ1) is 21.3. The fourth-order valence-electron chi connectivity index (χ4n) is 4.41. The van der Waals surface area contributed by atoms with Crippen LogP contribution in [0.15, 0.2) is 79.1 Å². The molecule has 174 valence electrons. The van der Waals surface area contributed by atoms with Crippen LogP contribution in [-0.4, -0.2) is 46.2 Å². The van der Waals surface area contributed by atoms with E-state index in [1.165, 1.54) is 0 Å². The summed E-state index contributed by atoms with van der Waals surface area (Å²) in [5.41, 5.74) is 7.91. The van der Waals surface area contributed by atoms with Gasteiger partial charge in [0, 0.05) is 24.3 Å². The molecule has 35 heavy (non-hydrogen) atoms. The summed E-state index contributed by atoms with van der Waals surface area (Å²) in [5.74, 6) is 1.74. The minimum atomic E-state index is 0.722. The van der Waals surface area contributed by atoms with E-state index in [9.17, 15) is 0 Å². The van der Waals surface area contributed by atoms with Crippen LogP contribution in [-0.2, 0) is 4.74 Å². The molecule has 7 nitrogen and oxygen atoms in total. The highest BCUT2D eigenvalue weighted by Gasteiger charge is 2.15. The number of fused-ring (bicyclic) bond motifs is 1. The Bertz CT molecular complexity index is 1470. The minimum absolute atomic E-state index is 0.722. The van der Waals surface area contributed by atoms with Crippen LogP contribution in [0.4, 0.5) is 17.2 Å². The van der Waals surface area contributed by atoms with Crippen molar-refractivity contribution in [3.63, 3.8) is 0 Å². The molecule has 0 unspecified atom stereocenters. The van der Waals surface area contributed by atoms with Gasteiger partial charge in [-0.3, -0.25) is 0 Å². The van der Waals surface area contributed by atoms with E-state index in [-0.39, 0.29) is 0 Å². The van der Waals surface area contributed by atoms with E-state index >= 15 is 0 Å². The quantitative estimate of drug-likeness (QED) is 0.355. The molecule has 0 atom stereocenters. The van der Waals surface area contributed by atoms with E-state index < -0.39 is 0 Å². The topological polar surface area (TPSA) is 79.0 Å². The first-order chi connectivity index (χ1) is 17.2. The zero-order valence-electron chi connectivity index (χ0n) is 19.5. The number of rotatable bonds is 5. The van der Waals surface area contributed by atoms with Crippen LogP contribution in [0.1, 0.15) is 5.56 Å². The molecule has 7 heteroatoms. The fourth-order valence-corrected chi connectivity index (χ4v) is 4.41. The number of morpholine rings is 1. The van der Waals surface area contributed by atoms with E-state index in [0.29, 0.717) is 0 Å². The maximum absolute atomic E-state index is 5.46. The van der Waals surface area contributed by atoms with Gasteiger partial charge in [-0.1, -0.05) is 42.5 Å². The number of nitrogens with zero attached hydrogens (tertiary/aromatic N) is 4. The summed E-state index contributed by atoms with van der Waals surface area (Å²) in [6, 6.07) is 22.6. The van der Waals surface area contributed by atoms with Gasteiger partial charge in [0.1, 0.15) is 17.2 Å². The van der Waals surface area contributed by atoms with Crippen LogP contribution in [0.2, 0.25) is 0 Å². The van der Waals surface area contributed by atoms with E-state index in [1.807, 2.05) is 48.8 Å². The summed E-state index contributed by atoms with van der Waals surface area (Å²) in [6.45, 7) is 5.21. The van der Waals surface area contributed by atoms with E-state index in [0.717, 1.165) is 82.7 Å². The standard InChI is InChI=1S/C28H26N6O/c1-19-10-11-21(16-22(19)28-30-17-25(33-28)20-6-3-2-4-7-20)31-23-8-5-9-24-27(23)29-18-26(32-24)34-12-14-35-15-13-34/h2-11,16-18,31H,12-15H2,1H3,(H,30,33). The molecule has 1 aliphatic rings. The number of hydrogen-bond donors (Lipinski definition) is 2. The molecule has 1 aliphatic heterocycles. The van der Waals surface area contributed by atoms with Crippen molar-refractivity contribution in [2.24, 2.45) is 0 Å². The molecule has 3 heterocycles. The fraction of sp³-hybridized carbons (Fsp3) is 0.179. The third-order valence-corrected chi connectivity index (χ3v) is 6.33. The van der Waals surface area contributed by atoms with Gasteiger partial charge < -0.3 is 19.9 Å². The number of benzene rings is 3. The molecular formula is C28H26N6O. The van der Waals surface area contributed by atoms with E-state index in [4.69, 9.17) is 14.7 Å². The van der Waals surface area contributed by atoms with Crippen molar-refractivity contribution in [2.45, 2.75) is 6.92 Å². The molecule has 0 aliphatic carbocycles. The lowest BCUT2D eigenvalue weighted by atomic mass is 10.1. The number of para-hydroxylation sites is 1. The van der Waals surface area contributed by atoms with Crippen molar-refractivity contribution in [1.82, 2.24) is 19.9 Å². The summed E-state index contributed by atoms with van der Waals surface area (Å²) in [7, 11) is 0. The van der Waals surface area contributed by atoms with Crippen LogP contribution in [0.5, 0.6) is 0 Å². The number of imidazole rings is 1. The van der Waals surface area contributed by atoms with Gasteiger partial charge in [-0.15, -0.1) is 0 Å². The molecule has 0 saturated carbocycles. The Labute approximate surface area is 203 Å². The second-order valence-electron chi connectivity index (χ2n) is 8.67. The van der Waals surface area contributed by atoms with Gasteiger partial charge in [-0.05, 0) is 42.3 Å². The largest absolute Gasteiger partial charge is 0.378 e. The molecule has 0 spiro atoms. The van der Waals surface area contributed by atoms with Gasteiger partial charge in [0.05, 0.1) is 42.5 Å². The summed E-state index contributed by atoms with van der Waals surface area (Å²) < 4.78 is 5.46. The molecule has 2 N–H and O–H groups in total. The summed E-state index contributed by atoms with van der Waals surface area (Å²) in [5, 5.41) is 3.54. The molecule has 0 radical (unpaired) electrons. The van der Waals surface area contributed by atoms with Crippen molar-refractivity contribution in [3.05, 3.63) is 84.7 Å². The normalized spacial score (nSPS) is 13.8. The van der Waals surface area contributed by atoms with Gasteiger partial charge in [-0.2, -0.15) is 0 Å². The molecule has 1 saturated heterocycles. The first-order valence-corrected chi connectivity index (χ1v) is 11.8. The molecule has 0 bridgehead atoms. The molecule has 1 fully saturated rings. The predicted molar refractivity (Wildman–Crippen MR) is 140 cm³/mol. The molecule has 2 aromatic heterocycles. The average molecular weight is 463 g/mol. The van der Waals surface area contributed by atoms with E-state index in [1.54, 1.807) is 0 Å². The number of ether oxygens (including phenoxy) is 1. The minimum Gasteiger partial charge on any atom is -0.378 e. The Morgan fingerprint density at radius 3 is 2.63 bits per heavy atom. The lowest BCUT2D eigenvalue weighted by Crippen LogP contribution is -2.36. The van der Waals surface area contributed by atoms with Crippen LogP contribution in [0.3, 0.4) is 0 Å². The second-order valence-corrected chi connectivity index (χ2v) is 8.67. The Hall–Kier alpha value is -4.23. The monoisotopic (exact) mass is 462 g/mol. The summed E-state index contributed by atoms with van der Waals surface area (Å²) in [4.78, 5) is 20.0. The SMILES string of the molecule is Cc1ccc(Nc2cccc3nc(N4CCOCC4)cnc23)cc1-c1ncc(-c2ccccc2)[nH]1. The average Bonchev–Trinajstić information content (AvgIpc) is 3.41. The number of hydrogen-bond acceptors (Lipinski definition) is 6. The van der Waals surface area contributed by atoms with Gasteiger partial charge in [0.25, 0.3) is 0 Å². The lowest BCUT2D eigenvalue weighted by Gasteiger charge is -2.27. The van der Waals surface area contributed by atoms with Gasteiger partial charge in [0.15, 0.2) is 0 Å². The van der Waals surface area contributed by atoms with Crippen LogP contribution < -0.4 is 10.2 Å². The smallest absolute Gasteiger partial charge is 0.148 e. The highest BCUT2D eigenvalue weighted by molar-refractivity contribution is 5.90. The van der Waals surface area contributed by atoms with Crippen molar-refractivity contribution in [3.8, 4) is 22.6 Å². The number of aromatic amines is 1. The first-order valence-electron chi connectivity index (χ1n) is 11.8. The van der Waals surface area contributed by atoms with Crippen molar-refractivity contribution >= 4 is 28.2 Å². The number of nitrogens with one attached hydrogen (secondary N) is 2. The van der Waals surface area contributed by atoms with Crippen LogP contribution in [0.25, 0.3) is 33.7 Å². The van der Waals surface area contributed by atoms with Gasteiger partial charge in [-0.25, -0.2) is 15.0 Å². The number of H-pyrrole nitrogens is 1. The molecule has 0 amide bonds. The molecule has 5 aromatic rings. The molecule has 6 rings (SSSR count). The van der Waals surface area contributed by atoms with Crippen molar-refractivity contribution in [2.75, 3.05) is 36.5 Å². The Morgan fingerprint density at radius 1 is 0.914 bits per heavy atom. The highest BCUT2D eigenvalue weighted by Crippen LogP contribution is 2.30. The summed E-state index contributed by atoms with van der Waals surface area (Å²) in [6.07, 6.45) is 3.74. The number of anilines is 3. The molecular weight excluding hydrogens is 436 g/mol. The Morgan fingerprint density at radius 2 is 1.77 bits per heavy atom. The third kappa shape index (κ3) is 4.34. The second kappa shape index (κ2) is 9.19. The maximum Gasteiger partial charge on any atom is 0.148 e. The maximum atomic E-state index is 5.46. The predicted octanol–water partition coefficient (Wildman–Crippen LogP) is 5.58. The third-order valence-electron chi connectivity index (χ3n) is 6.33. The summed E-state index contributed by atoms with van der Waals surface area (Å²) >= 11 is 0. The van der Waals surface area contributed by atoms with Crippen molar-refractivity contribution in [1.29, 1.82) is 0 Å². The Kier molecular flexibility index (Phi) is 5.60. The zero-order chi connectivity index (χ0) is 23.6. The number of aryl methyl sites for hydroxylation is 1. The molecule has 3 aromatic carbocycles. The lowest BCUT2D eigenvalue weighted by molar-refractivity contribution is 0.122. The van der Waals surface area contributed by atoms with Gasteiger partial charge >= 0.3 is 0 Å². The highest BCUT2D eigenvalue weighted by atomic mass is 16.5. The van der Waals surface area contributed by atoms with Crippen molar-refractivity contribution < 1.29 is 4.74 Å². The van der Waals surface area contributed by atoms with Crippen LogP contribution in [0, 0.1) is 6.92 Å². The Balaban J connectivity index is 1.29. The zero-order valence-corrected chi connectivity index (χ0v) is 19.5. The van der Waals surface area contributed by atoms with Crippen LogP contribution >= 0.6 is 0 Å². The van der Waals surface area contributed by atoms with Gasteiger partial charge in [0.2, 0.25) is 0 Å². The number of aromatic nitrogens is 4.